The van der Waals surface area contributed by atoms with Crippen LogP contribution >= 0.6 is 23.2 Å². The standard InChI is InChI=1S/C17H15Cl2NO3/c1-10-3-5-12(6-4-10)17(22)23-11(2)16(21)20-15-8-7-13(18)9-14(15)19/h3-9,11H,1-2H3,(H,20,21). The van der Waals surface area contributed by atoms with Crippen LogP contribution in [0.3, 0.4) is 0 Å². The highest BCUT2D eigenvalue weighted by Gasteiger charge is 2.19. The summed E-state index contributed by atoms with van der Waals surface area (Å²) in [7, 11) is 0. The van der Waals surface area contributed by atoms with E-state index in [-0.39, 0.29) is 0 Å². The van der Waals surface area contributed by atoms with Crippen LogP contribution in [0, 0.1) is 6.92 Å². The first-order chi connectivity index (χ1) is 10.9. The molecule has 1 atom stereocenters. The predicted molar refractivity (Wildman–Crippen MR) is 91.1 cm³/mol. The number of halogens is 2. The van der Waals surface area contributed by atoms with Gasteiger partial charge in [0.1, 0.15) is 0 Å². The van der Waals surface area contributed by atoms with Gasteiger partial charge in [0.2, 0.25) is 0 Å². The molecule has 0 heterocycles. The van der Waals surface area contributed by atoms with Gasteiger partial charge in [-0.3, -0.25) is 4.79 Å². The molecule has 1 N–H and O–H groups in total. The van der Waals surface area contributed by atoms with Crippen LogP contribution in [0.15, 0.2) is 42.5 Å². The first kappa shape index (κ1) is 17.3. The van der Waals surface area contributed by atoms with Crippen LogP contribution in [0.5, 0.6) is 0 Å². The molecule has 0 bridgehead atoms. The molecule has 0 aliphatic rings. The van der Waals surface area contributed by atoms with E-state index in [4.69, 9.17) is 27.9 Å². The van der Waals surface area contributed by atoms with E-state index in [1.54, 1.807) is 36.4 Å². The van der Waals surface area contributed by atoms with Crippen LogP contribution in [0.4, 0.5) is 5.69 Å². The van der Waals surface area contributed by atoms with Crippen LogP contribution in [0.25, 0.3) is 0 Å². The Balaban J connectivity index is 1.99. The van der Waals surface area contributed by atoms with Crippen LogP contribution in [0.2, 0.25) is 10.0 Å². The summed E-state index contributed by atoms with van der Waals surface area (Å²) >= 11 is 11.8. The fraction of sp³-hybridized carbons (Fsp3) is 0.176. The van der Waals surface area contributed by atoms with E-state index in [0.29, 0.717) is 21.3 Å². The average molecular weight is 352 g/mol. The van der Waals surface area contributed by atoms with Crippen molar-refractivity contribution in [3.8, 4) is 0 Å². The smallest absolute Gasteiger partial charge is 0.338 e. The molecule has 0 radical (unpaired) electrons. The zero-order valence-electron chi connectivity index (χ0n) is 12.6. The second kappa shape index (κ2) is 7.49. The highest BCUT2D eigenvalue weighted by Crippen LogP contribution is 2.25. The van der Waals surface area contributed by atoms with Crippen LogP contribution in [-0.4, -0.2) is 18.0 Å². The molecule has 0 aromatic heterocycles. The van der Waals surface area contributed by atoms with Crippen molar-refractivity contribution in [3.05, 3.63) is 63.6 Å². The van der Waals surface area contributed by atoms with Crippen molar-refractivity contribution in [2.24, 2.45) is 0 Å². The third kappa shape index (κ3) is 4.71. The number of carbonyl (C=O) groups is 2. The molecular formula is C17H15Cl2NO3. The van der Waals surface area contributed by atoms with E-state index in [1.165, 1.54) is 13.0 Å². The molecule has 0 aliphatic heterocycles. The zero-order chi connectivity index (χ0) is 17.0. The second-order valence-corrected chi connectivity index (χ2v) is 5.87. The van der Waals surface area contributed by atoms with Crippen molar-refractivity contribution in [2.75, 3.05) is 5.32 Å². The van der Waals surface area contributed by atoms with Gasteiger partial charge in [0.25, 0.3) is 5.91 Å². The number of benzene rings is 2. The number of esters is 1. The minimum atomic E-state index is -0.962. The second-order valence-electron chi connectivity index (χ2n) is 5.03. The number of amides is 1. The summed E-state index contributed by atoms with van der Waals surface area (Å²) in [4.78, 5) is 24.1. The van der Waals surface area contributed by atoms with Crippen molar-refractivity contribution in [1.82, 2.24) is 0 Å². The lowest BCUT2D eigenvalue weighted by Crippen LogP contribution is -2.30. The molecule has 2 aromatic carbocycles. The van der Waals surface area contributed by atoms with Gasteiger partial charge < -0.3 is 10.1 Å². The number of rotatable bonds is 4. The zero-order valence-corrected chi connectivity index (χ0v) is 14.1. The van der Waals surface area contributed by atoms with Gasteiger partial charge in [0, 0.05) is 5.02 Å². The Kier molecular flexibility index (Phi) is 5.64. The molecule has 2 rings (SSSR count). The summed E-state index contributed by atoms with van der Waals surface area (Å²) in [6.45, 7) is 3.41. The molecule has 6 heteroatoms. The van der Waals surface area contributed by atoms with E-state index in [0.717, 1.165) is 5.56 Å². The highest BCUT2D eigenvalue weighted by atomic mass is 35.5. The molecule has 0 aliphatic carbocycles. The highest BCUT2D eigenvalue weighted by molar-refractivity contribution is 6.36. The van der Waals surface area contributed by atoms with Gasteiger partial charge in [-0.1, -0.05) is 40.9 Å². The third-order valence-corrected chi connectivity index (χ3v) is 3.68. The summed E-state index contributed by atoms with van der Waals surface area (Å²) < 4.78 is 5.15. The summed E-state index contributed by atoms with van der Waals surface area (Å²) in [5.74, 6) is -1.04. The first-order valence-corrected chi connectivity index (χ1v) is 7.66. The SMILES string of the molecule is Cc1ccc(C(=O)OC(C)C(=O)Nc2ccc(Cl)cc2Cl)cc1. The molecule has 120 valence electrons. The maximum absolute atomic E-state index is 12.1. The molecule has 23 heavy (non-hydrogen) atoms. The fourth-order valence-electron chi connectivity index (χ4n) is 1.80. The van der Waals surface area contributed by atoms with Crippen LogP contribution in [-0.2, 0) is 9.53 Å². The van der Waals surface area contributed by atoms with Crippen molar-refractivity contribution >= 4 is 40.8 Å². The van der Waals surface area contributed by atoms with E-state index in [9.17, 15) is 9.59 Å². The van der Waals surface area contributed by atoms with Crippen LogP contribution in [0.1, 0.15) is 22.8 Å². The Morgan fingerprint density at radius 1 is 1.09 bits per heavy atom. The summed E-state index contributed by atoms with van der Waals surface area (Å²) in [5.41, 5.74) is 1.82. The number of hydrogen-bond acceptors (Lipinski definition) is 3. The molecule has 2 aromatic rings. The van der Waals surface area contributed by atoms with Gasteiger partial charge in [-0.25, -0.2) is 4.79 Å². The normalized spacial score (nSPS) is 11.7. The van der Waals surface area contributed by atoms with E-state index in [2.05, 4.69) is 5.32 Å². The fourth-order valence-corrected chi connectivity index (χ4v) is 2.25. The molecule has 1 unspecified atom stereocenters. The number of nitrogens with one attached hydrogen (secondary N) is 1. The van der Waals surface area contributed by atoms with Crippen molar-refractivity contribution < 1.29 is 14.3 Å². The maximum Gasteiger partial charge on any atom is 0.338 e. The van der Waals surface area contributed by atoms with Gasteiger partial charge in [-0.2, -0.15) is 0 Å². The predicted octanol–water partition coefficient (Wildman–Crippen LogP) is 4.49. The Bertz CT molecular complexity index is 729. The van der Waals surface area contributed by atoms with Gasteiger partial charge in [0.05, 0.1) is 16.3 Å². The maximum atomic E-state index is 12.1. The number of ether oxygens (including phenoxy) is 1. The lowest BCUT2D eigenvalue weighted by Gasteiger charge is -2.14. The van der Waals surface area contributed by atoms with E-state index < -0.39 is 18.0 Å². The number of anilines is 1. The third-order valence-electron chi connectivity index (χ3n) is 3.13. The van der Waals surface area contributed by atoms with Gasteiger partial charge in [-0.15, -0.1) is 0 Å². The Morgan fingerprint density at radius 2 is 1.74 bits per heavy atom. The number of hydrogen-bond donors (Lipinski definition) is 1. The van der Waals surface area contributed by atoms with Gasteiger partial charge in [0.15, 0.2) is 6.10 Å². The van der Waals surface area contributed by atoms with Gasteiger partial charge >= 0.3 is 5.97 Å². The Labute approximate surface area is 144 Å². The summed E-state index contributed by atoms with van der Waals surface area (Å²) in [6, 6.07) is 11.6. The number of carbonyl (C=O) groups excluding carboxylic acids is 2. The first-order valence-electron chi connectivity index (χ1n) is 6.90. The molecule has 0 saturated carbocycles. The lowest BCUT2D eigenvalue weighted by atomic mass is 10.1. The van der Waals surface area contributed by atoms with Crippen molar-refractivity contribution in [3.63, 3.8) is 0 Å². The minimum Gasteiger partial charge on any atom is -0.449 e. The largest absolute Gasteiger partial charge is 0.449 e. The molecule has 0 saturated heterocycles. The minimum absolute atomic E-state index is 0.308. The molecule has 0 fully saturated rings. The molecule has 0 spiro atoms. The number of aryl methyl sites for hydroxylation is 1. The Hall–Kier alpha value is -2.04. The van der Waals surface area contributed by atoms with Crippen LogP contribution < -0.4 is 5.32 Å². The monoisotopic (exact) mass is 351 g/mol. The Morgan fingerprint density at radius 3 is 2.35 bits per heavy atom. The van der Waals surface area contributed by atoms with Crippen molar-refractivity contribution in [2.45, 2.75) is 20.0 Å². The summed E-state index contributed by atoms with van der Waals surface area (Å²) in [6.07, 6.45) is -0.962. The van der Waals surface area contributed by atoms with E-state index >= 15 is 0 Å². The van der Waals surface area contributed by atoms with Gasteiger partial charge in [-0.05, 0) is 44.2 Å². The molecule has 1 amide bonds. The quantitative estimate of drug-likeness (QED) is 0.825. The molecule has 4 nitrogen and oxygen atoms in total. The molecular weight excluding hydrogens is 337 g/mol. The van der Waals surface area contributed by atoms with E-state index in [1.807, 2.05) is 6.92 Å². The lowest BCUT2D eigenvalue weighted by molar-refractivity contribution is -0.123. The summed E-state index contributed by atoms with van der Waals surface area (Å²) in [5, 5.41) is 3.37. The van der Waals surface area contributed by atoms with Crippen molar-refractivity contribution in [1.29, 1.82) is 0 Å². The average Bonchev–Trinajstić information content (AvgIpc) is 2.50. The topological polar surface area (TPSA) is 55.4 Å².